The predicted octanol–water partition coefficient (Wildman–Crippen LogP) is 2.74. The summed E-state index contributed by atoms with van der Waals surface area (Å²) in [6.45, 7) is 14.5. The van der Waals surface area contributed by atoms with Crippen molar-refractivity contribution in [3.63, 3.8) is 0 Å². The first-order valence-corrected chi connectivity index (χ1v) is 7.58. The van der Waals surface area contributed by atoms with Crippen LogP contribution in [0.3, 0.4) is 0 Å². The van der Waals surface area contributed by atoms with Crippen LogP contribution in [0.1, 0.15) is 54.9 Å². The Balaban J connectivity index is 3.00. The summed E-state index contributed by atoms with van der Waals surface area (Å²) in [5.41, 5.74) is 5.84. The molecule has 0 bridgehead atoms. The second-order valence-corrected chi connectivity index (χ2v) is 7.97. The molecule has 1 rings (SSSR count). The Morgan fingerprint density at radius 2 is 1.30 bits per heavy atom. The lowest BCUT2D eigenvalue weighted by Crippen LogP contribution is -2.61. The minimum atomic E-state index is -0.252. The van der Waals surface area contributed by atoms with E-state index in [2.05, 4.69) is 27.7 Å². The van der Waals surface area contributed by atoms with E-state index in [1.165, 1.54) is 0 Å². The lowest BCUT2D eigenvalue weighted by Gasteiger charge is -2.47. The van der Waals surface area contributed by atoms with Crippen molar-refractivity contribution in [1.82, 2.24) is 0 Å². The molecule has 0 spiro atoms. The molecule has 0 unspecified atom stereocenters. The van der Waals surface area contributed by atoms with Crippen LogP contribution < -0.4 is 5.73 Å². The van der Waals surface area contributed by atoms with Crippen molar-refractivity contribution in [1.29, 1.82) is 0 Å². The highest BCUT2D eigenvalue weighted by Gasteiger charge is 2.46. The van der Waals surface area contributed by atoms with Gasteiger partial charge in [0.05, 0.1) is 17.3 Å². The number of hydrogen-bond donors (Lipinski definition) is 1. The Morgan fingerprint density at radius 1 is 0.850 bits per heavy atom. The summed E-state index contributed by atoms with van der Waals surface area (Å²) in [7, 11) is 1.74. The summed E-state index contributed by atoms with van der Waals surface area (Å²) in [6.07, 6.45) is 0.623. The van der Waals surface area contributed by atoms with Crippen LogP contribution in [0, 0.1) is 5.92 Å². The van der Waals surface area contributed by atoms with Crippen LogP contribution in [0.2, 0.25) is 0 Å². The van der Waals surface area contributed by atoms with Crippen molar-refractivity contribution in [2.24, 2.45) is 11.7 Å². The Labute approximate surface area is 124 Å². The van der Waals surface area contributed by atoms with Gasteiger partial charge in [0.2, 0.25) is 0 Å². The van der Waals surface area contributed by atoms with Gasteiger partial charge in [0.1, 0.15) is 12.2 Å². The van der Waals surface area contributed by atoms with Gasteiger partial charge in [-0.2, -0.15) is 0 Å². The molecule has 2 N–H and O–H groups in total. The minimum absolute atomic E-state index is 0.0152. The average Bonchev–Trinajstić information content (AvgIpc) is 2.20. The van der Waals surface area contributed by atoms with Crippen LogP contribution in [-0.2, 0) is 14.2 Å². The largest absolute Gasteiger partial charge is 0.378 e. The van der Waals surface area contributed by atoms with Gasteiger partial charge >= 0.3 is 0 Å². The van der Waals surface area contributed by atoms with Gasteiger partial charge in [0.15, 0.2) is 0 Å². The van der Waals surface area contributed by atoms with Crippen molar-refractivity contribution >= 4 is 0 Å². The molecular weight excluding hydrogens is 254 g/mol. The molecule has 1 saturated carbocycles. The predicted molar refractivity (Wildman–Crippen MR) is 81.8 cm³/mol. The highest BCUT2D eigenvalue weighted by molar-refractivity contribution is 4.97. The van der Waals surface area contributed by atoms with Crippen LogP contribution in [0.4, 0.5) is 0 Å². The zero-order chi connectivity index (χ0) is 15.7. The van der Waals surface area contributed by atoms with Gasteiger partial charge in [-0.25, -0.2) is 0 Å². The average molecular weight is 287 g/mol. The third-order valence-electron chi connectivity index (χ3n) is 3.53. The standard InChI is InChI=1S/C16H33NO3/c1-10-9-11(17)13(19-15(2,3)4)14(12(10)18-8)20-16(5,6)7/h10-14H,9,17H2,1-8H3/t10-,11+,12+,13-,14-/m1/s1. The van der Waals surface area contributed by atoms with Crippen molar-refractivity contribution in [3.8, 4) is 0 Å². The molecule has 0 aromatic rings. The Hall–Kier alpha value is -0.160. The SMILES string of the molecule is CO[C@@H]1[C@@H](OC(C)(C)C)[C@H](OC(C)(C)C)[C@@H](N)C[C@H]1C. The fraction of sp³-hybridized carbons (Fsp3) is 1.00. The first-order chi connectivity index (χ1) is 8.94. The van der Waals surface area contributed by atoms with E-state index in [1.807, 2.05) is 20.8 Å². The summed E-state index contributed by atoms with van der Waals surface area (Å²) in [5.74, 6) is 0.363. The van der Waals surface area contributed by atoms with E-state index in [4.69, 9.17) is 19.9 Å². The zero-order valence-corrected chi connectivity index (χ0v) is 14.4. The molecule has 0 heterocycles. The molecule has 0 aromatic heterocycles. The van der Waals surface area contributed by atoms with Crippen LogP contribution in [0.15, 0.2) is 0 Å². The van der Waals surface area contributed by atoms with Crippen LogP contribution in [0.25, 0.3) is 0 Å². The second-order valence-electron chi connectivity index (χ2n) is 7.97. The van der Waals surface area contributed by atoms with E-state index in [-0.39, 0.29) is 35.6 Å². The summed E-state index contributed by atoms with van der Waals surface area (Å²) in [6, 6.07) is -0.0250. The molecule has 0 saturated heterocycles. The van der Waals surface area contributed by atoms with Gasteiger partial charge < -0.3 is 19.9 Å². The molecular formula is C16H33NO3. The van der Waals surface area contributed by atoms with Crippen LogP contribution in [0.5, 0.6) is 0 Å². The van der Waals surface area contributed by atoms with Crippen LogP contribution >= 0.6 is 0 Å². The molecule has 1 fully saturated rings. The van der Waals surface area contributed by atoms with E-state index in [1.54, 1.807) is 7.11 Å². The molecule has 4 heteroatoms. The van der Waals surface area contributed by atoms with Gasteiger partial charge in [-0.1, -0.05) is 6.92 Å². The maximum atomic E-state index is 6.34. The van der Waals surface area contributed by atoms with Crippen LogP contribution in [-0.4, -0.2) is 42.7 Å². The third kappa shape index (κ3) is 4.99. The fourth-order valence-corrected chi connectivity index (χ4v) is 2.92. The first-order valence-electron chi connectivity index (χ1n) is 7.58. The molecule has 0 radical (unpaired) electrons. The van der Waals surface area contributed by atoms with Gasteiger partial charge in [0.25, 0.3) is 0 Å². The monoisotopic (exact) mass is 287 g/mol. The number of hydrogen-bond acceptors (Lipinski definition) is 4. The summed E-state index contributed by atoms with van der Waals surface area (Å²) in [4.78, 5) is 0. The zero-order valence-electron chi connectivity index (χ0n) is 14.4. The van der Waals surface area contributed by atoms with Gasteiger partial charge in [0, 0.05) is 13.2 Å². The van der Waals surface area contributed by atoms with Crippen molar-refractivity contribution in [3.05, 3.63) is 0 Å². The highest BCUT2D eigenvalue weighted by Crippen LogP contribution is 2.34. The molecule has 0 aromatic carbocycles. The molecule has 1 aliphatic rings. The second kappa shape index (κ2) is 6.30. The smallest absolute Gasteiger partial charge is 0.112 e. The normalized spacial score (nSPS) is 36.1. The molecule has 5 atom stereocenters. The summed E-state index contributed by atoms with van der Waals surface area (Å²) in [5, 5.41) is 0. The van der Waals surface area contributed by atoms with E-state index < -0.39 is 0 Å². The minimum Gasteiger partial charge on any atom is -0.378 e. The van der Waals surface area contributed by atoms with E-state index >= 15 is 0 Å². The van der Waals surface area contributed by atoms with Gasteiger partial charge in [-0.15, -0.1) is 0 Å². The van der Waals surface area contributed by atoms with E-state index in [0.29, 0.717) is 5.92 Å². The Bertz CT molecular complexity index is 306. The van der Waals surface area contributed by atoms with E-state index in [9.17, 15) is 0 Å². The number of methoxy groups -OCH3 is 1. The fourth-order valence-electron chi connectivity index (χ4n) is 2.92. The first kappa shape index (κ1) is 17.9. The molecule has 1 aliphatic carbocycles. The highest BCUT2D eigenvalue weighted by atomic mass is 16.6. The number of nitrogens with two attached hydrogens (primary N) is 1. The number of rotatable bonds is 3. The molecule has 0 amide bonds. The van der Waals surface area contributed by atoms with Crippen molar-refractivity contribution < 1.29 is 14.2 Å². The third-order valence-corrected chi connectivity index (χ3v) is 3.53. The summed E-state index contributed by atoms with van der Waals surface area (Å²) < 4.78 is 18.1. The van der Waals surface area contributed by atoms with Gasteiger partial charge in [-0.3, -0.25) is 0 Å². The van der Waals surface area contributed by atoms with E-state index in [0.717, 1.165) is 6.42 Å². The topological polar surface area (TPSA) is 53.7 Å². The Morgan fingerprint density at radius 3 is 1.70 bits per heavy atom. The quantitative estimate of drug-likeness (QED) is 0.867. The molecule has 0 aliphatic heterocycles. The Kier molecular flexibility index (Phi) is 5.64. The lowest BCUT2D eigenvalue weighted by molar-refractivity contribution is -0.226. The maximum absolute atomic E-state index is 6.34. The lowest BCUT2D eigenvalue weighted by atomic mass is 9.80. The van der Waals surface area contributed by atoms with Gasteiger partial charge in [-0.05, 0) is 53.9 Å². The van der Waals surface area contributed by atoms with Crippen molar-refractivity contribution in [2.75, 3.05) is 7.11 Å². The number of ether oxygens (including phenoxy) is 3. The summed E-state index contributed by atoms with van der Waals surface area (Å²) >= 11 is 0. The maximum Gasteiger partial charge on any atom is 0.112 e. The van der Waals surface area contributed by atoms with Crippen molar-refractivity contribution in [2.45, 2.75) is 90.4 Å². The molecule has 4 nitrogen and oxygen atoms in total. The molecule has 120 valence electrons. The molecule has 20 heavy (non-hydrogen) atoms.